The molecule has 1 fully saturated rings. The number of benzene rings is 2. The van der Waals surface area contributed by atoms with Crippen molar-refractivity contribution in [1.82, 2.24) is 10.2 Å². The van der Waals surface area contributed by atoms with Crippen molar-refractivity contribution in [2.45, 2.75) is 212 Å². The third-order valence-electron chi connectivity index (χ3n) is 15.3. The van der Waals surface area contributed by atoms with E-state index in [-0.39, 0.29) is 50.1 Å². The summed E-state index contributed by atoms with van der Waals surface area (Å²) in [6, 6.07) is 15.1. The number of hydrogen-bond donors (Lipinski definition) is 3. The summed E-state index contributed by atoms with van der Waals surface area (Å²) in [6.07, 6.45) is 31.7. The third kappa shape index (κ3) is 17.8. The topological polar surface area (TPSA) is 139 Å². The van der Waals surface area contributed by atoms with Gasteiger partial charge >= 0.3 is 6.09 Å². The van der Waals surface area contributed by atoms with Crippen molar-refractivity contribution in [3.05, 3.63) is 84.0 Å². The Morgan fingerprint density at radius 2 is 1.42 bits per heavy atom. The van der Waals surface area contributed by atoms with E-state index in [4.69, 9.17) is 24.2 Å². The van der Waals surface area contributed by atoms with Crippen LogP contribution in [-0.2, 0) is 21.0 Å². The van der Waals surface area contributed by atoms with Gasteiger partial charge in [-0.3, -0.25) is 4.79 Å². The fourth-order valence-electron chi connectivity index (χ4n) is 11.4. The molecule has 6 atom stereocenters. The van der Waals surface area contributed by atoms with Gasteiger partial charge in [-0.05, 0) is 79.7 Å². The molecule has 1 aliphatic heterocycles. The molecule has 0 radical (unpaired) electrons. The number of unbranched alkanes of at least 4 members (excludes halogenated alkanes) is 19. The van der Waals surface area contributed by atoms with Crippen LogP contribution in [0.15, 0.2) is 78.0 Å². The van der Waals surface area contributed by atoms with Gasteiger partial charge in [0.25, 0.3) is 0 Å². The minimum absolute atomic E-state index is 0.0344. The van der Waals surface area contributed by atoms with Crippen LogP contribution in [0.3, 0.4) is 0 Å². The van der Waals surface area contributed by atoms with Crippen LogP contribution in [0.1, 0.15) is 204 Å². The van der Waals surface area contributed by atoms with E-state index in [2.05, 4.69) is 31.8 Å². The summed E-state index contributed by atoms with van der Waals surface area (Å²) >= 11 is 0. The number of hydrogen-bond acceptors (Lipinski definition) is 9. The Bertz CT molecular complexity index is 1900. The number of aliphatic hydroxyl groups excluding tert-OH is 2. The minimum Gasteiger partial charge on any atom is -0.459 e. The monoisotopic (exact) mass is 984 g/mol. The molecule has 2 aromatic carbocycles. The molecule has 3 N–H and O–H groups in total. The van der Waals surface area contributed by atoms with E-state index in [1.165, 1.54) is 89.9 Å². The lowest BCUT2D eigenvalue weighted by molar-refractivity contribution is -0.255. The van der Waals surface area contributed by atoms with Crippen LogP contribution in [0, 0.1) is 17.8 Å². The van der Waals surface area contributed by atoms with Gasteiger partial charge in [-0.25, -0.2) is 4.79 Å². The summed E-state index contributed by atoms with van der Waals surface area (Å²) in [4.78, 5) is 36.0. The van der Waals surface area contributed by atoms with Gasteiger partial charge in [0.05, 0.1) is 18.2 Å². The van der Waals surface area contributed by atoms with Crippen molar-refractivity contribution in [1.29, 1.82) is 0 Å². The number of carbonyl (C=O) groups excluding carboxylic acids is 2. The molecule has 71 heavy (non-hydrogen) atoms. The van der Waals surface area contributed by atoms with Crippen LogP contribution in [-0.4, -0.2) is 78.1 Å². The third-order valence-corrected chi connectivity index (χ3v) is 15.3. The zero-order valence-electron chi connectivity index (χ0n) is 44.2. The van der Waals surface area contributed by atoms with Crippen LogP contribution in [0.25, 0.3) is 0 Å². The second-order valence-corrected chi connectivity index (χ2v) is 20.6. The maximum absolute atomic E-state index is 14.5. The van der Waals surface area contributed by atoms with Gasteiger partial charge in [0, 0.05) is 51.1 Å². The van der Waals surface area contributed by atoms with E-state index in [1.807, 2.05) is 54.4 Å². The highest BCUT2D eigenvalue weighted by atomic mass is 16.7. The SMILES string of the molecule is C=CCOC12Oc3ccc(OC(=O)NCCCCCCCCCCCC)cc3C3C(CCCCO)C(CCCCO)C=C(C(=NOCc4ccccc4)CC1N(C)C(=O)CCCCCCCCCCC)C32. The molecule has 0 aromatic heterocycles. The maximum atomic E-state index is 14.5. The quantitative estimate of drug-likeness (QED) is 0.0346. The van der Waals surface area contributed by atoms with Gasteiger partial charge in [-0.1, -0.05) is 183 Å². The molecule has 6 unspecified atom stereocenters. The molecule has 1 heterocycles. The van der Waals surface area contributed by atoms with Gasteiger partial charge in [-0.15, -0.1) is 6.58 Å². The van der Waals surface area contributed by atoms with E-state index in [0.29, 0.717) is 43.7 Å². The fourth-order valence-corrected chi connectivity index (χ4v) is 11.4. The van der Waals surface area contributed by atoms with E-state index in [0.717, 1.165) is 80.2 Å². The molecule has 2 aliphatic carbocycles. The predicted octanol–water partition coefficient (Wildman–Crippen LogP) is 13.9. The van der Waals surface area contributed by atoms with E-state index in [9.17, 15) is 19.8 Å². The number of nitrogens with one attached hydrogen (secondary N) is 1. The van der Waals surface area contributed by atoms with Gasteiger partial charge in [0.15, 0.2) is 0 Å². The Labute approximate surface area is 428 Å². The zero-order valence-corrected chi connectivity index (χ0v) is 44.2. The van der Waals surface area contributed by atoms with Gasteiger partial charge < -0.3 is 39.5 Å². The van der Waals surface area contributed by atoms with E-state index < -0.39 is 23.8 Å². The van der Waals surface area contributed by atoms with Crippen molar-refractivity contribution in [2.75, 3.05) is 33.4 Å². The first kappa shape index (κ1) is 57.7. The Morgan fingerprint density at radius 3 is 2.06 bits per heavy atom. The average Bonchev–Trinajstić information content (AvgIpc) is 3.38. The van der Waals surface area contributed by atoms with Crippen LogP contribution in [0.2, 0.25) is 0 Å². The van der Waals surface area contributed by atoms with Gasteiger partial charge in [0.1, 0.15) is 24.1 Å². The number of aliphatic hydroxyl groups is 2. The molecular formula is C60H93N3O8. The van der Waals surface area contributed by atoms with Crippen molar-refractivity contribution in [3.8, 4) is 11.5 Å². The van der Waals surface area contributed by atoms with Crippen molar-refractivity contribution in [2.24, 2.45) is 22.9 Å². The Balaban J connectivity index is 1.48. The standard InChI is InChI=1S/C60H93N3O8/c1-5-8-10-12-14-16-18-20-22-29-39-61-59(67)70-49-37-38-54-52(44-49)57-50(35-28-31-41-65)48(34-27-30-40-64)43-51-53(62-69-46-47-32-24-23-25-33-47)45-55(60(71-54,58(51)57)68-42-7-3)63(4)56(66)36-26-21-19-17-15-13-11-9-6-2/h7,23-25,32-33,37-38,43-44,48,50,55,57-58,64-65H,3,5-6,8-22,26-31,34-36,39-42,45-46H2,1-2,4H3,(H,61,67). The summed E-state index contributed by atoms with van der Waals surface area (Å²) in [5.74, 6) is -0.776. The molecule has 0 spiro atoms. The summed E-state index contributed by atoms with van der Waals surface area (Å²) < 4.78 is 20.5. The van der Waals surface area contributed by atoms with Crippen molar-refractivity contribution < 1.29 is 38.9 Å². The highest BCUT2D eigenvalue weighted by Crippen LogP contribution is 2.62. The molecule has 1 saturated carbocycles. The van der Waals surface area contributed by atoms with Crippen LogP contribution >= 0.6 is 0 Å². The molecular weight excluding hydrogens is 891 g/mol. The second kappa shape index (κ2) is 32.8. The van der Waals surface area contributed by atoms with Gasteiger partial charge in [-0.2, -0.15) is 0 Å². The maximum Gasteiger partial charge on any atom is 0.412 e. The van der Waals surface area contributed by atoms with Crippen molar-refractivity contribution >= 4 is 17.7 Å². The molecule has 11 heteroatoms. The Kier molecular flexibility index (Phi) is 26.7. The summed E-state index contributed by atoms with van der Waals surface area (Å²) in [5.41, 5.74) is 3.64. The number of carbonyl (C=O) groups is 2. The van der Waals surface area contributed by atoms with E-state index >= 15 is 0 Å². The molecule has 2 amide bonds. The van der Waals surface area contributed by atoms with E-state index in [1.54, 1.807) is 12.1 Å². The molecule has 0 bridgehead atoms. The molecule has 5 rings (SSSR count). The number of amides is 2. The number of likely N-dealkylation sites (N-methyl/N-ethyl adjacent to an activating group) is 1. The first-order chi connectivity index (χ1) is 34.8. The minimum atomic E-state index is -1.33. The number of rotatable bonds is 37. The number of oxime groups is 1. The highest BCUT2D eigenvalue weighted by molar-refractivity contribution is 6.03. The molecule has 396 valence electrons. The van der Waals surface area contributed by atoms with Crippen LogP contribution in [0.4, 0.5) is 4.79 Å². The largest absolute Gasteiger partial charge is 0.459 e. The molecule has 11 nitrogen and oxygen atoms in total. The molecule has 2 aromatic rings. The predicted molar refractivity (Wildman–Crippen MR) is 287 cm³/mol. The van der Waals surface area contributed by atoms with Crippen molar-refractivity contribution in [3.63, 3.8) is 0 Å². The van der Waals surface area contributed by atoms with Crippen LogP contribution < -0.4 is 14.8 Å². The second-order valence-electron chi connectivity index (χ2n) is 20.6. The lowest BCUT2D eigenvalue weighted by Gasteiger charge is -2.59. The normalized spacial score (nSPS) is 21.7. The Hall–Kier alpha value is -4.19. The summed E-state index contributed by atoms with van der Waals surface area (Å²) in [6.45, 7) is 9.80. The average molecular weight is 984 g/mol. The highest BCUT2D eigenvalue weighted by Gasteiger charge is 2.65. The lowest BCUT2D eigenvalue weighted by Crippen LogP contribution is -2.69. The fraction of sp³-hybridized carbons (Fsp3) is 0.683. The Morgan fingerprint density at radius 1 is 0.803 bits per heavy atom. The molecule has 3 aliphatic rings. The number of nitrogens with zero attached hydrogens (tertiary/aromatic N) is 2. The first-order valence-electron chi connectivity index (χ1n) is 28.3. The number of ether oxygens (including phenoxy) is 3. The smallest absolute Gasteiger partial charge is 0.412 e. The first-order valence-corrected chi connectivity index (χ1v) is 28.3. The summed E-state index contributed by atoms with van der Waals surface area (Å²) in [5, 5.41) is 27.9. The molecule has 0 saturated heterocycles. The summed E-state index contributed by atoms with van der Waals surface area (Å²) in [7, 11) is 1.88. The van der Waals surface area contributed by atoms with Crippen LogP contribution in [0.5, 0.6) is 11.5 Å². The van der Waals surface area contributed by atoms with Gasteiger partial charge in [0.2, 0.25) is 11.7 Å². The number of fused-ring (bicyclic) bond motifs is 2. The lowest BCUT2D eigenvalue weighted by atomic mass is 9.55. The number of allylic oxidation sites excluding steroid dienone is 1. The zero-order chi connectivity index (χ0) is 50.5.